The van der Waals surface area contributed by atoms with Crippen LogP contribution in [0.1, 0.15) is 56.4 Å². The molecule has 0 saturated heterocycles. The number of aromatic nitrogens is 3. The summed E-state index contributed by atoms with van der Waals surface area (Å²) in [5.41, 5.74) is 6.86. The number of carbonyl (C=O) groups excluding carboxylic acids is 1. The van der Waals surface area contributed by atoms with E-state index in [-0.39, 0.29) is 6.61 Å². The third kappa shape index (κ3) is 5.31. The van der Waals surface area contributed by atoms with Gasteiger partial charge in [0.25, 0.3) is 0 Å². The lowest BCUT2D eigenvalue weighted by molar-refractivity contribution is -0.166. The lowest BCUT2D eigenvalue weighted by atomic mass is 9.91. The first kappa shape index (κ1) is 27.3. The van der Waals surface area contributed by atoms with Crippen LogP contribution in [0.15, 0.2) is 48.7 Å². The maximum atomic E-state index is 13.3. The topological polar surface area (TPSA) is 65.7 Å². The number of benzene rings is 2. The number of rotatable bonds is 6. The van der Waals surface area contributed by atoms with Gasteiger partial charge in [-0.3, -0.25) is 0 Å². The molecule has 1 atom stereocenters. The molecule has 5 aromatic rings. The molecule has 0 N–H and O–H groups in total. The lowest BCUT2D eigenvalue weighted by Crippen LogP contribution is -2.29. The Kier molecular flexibility index (Phi) is 7.27. The van der Waals surface area contributed by atoms with Crippen molar-refractivity contribution in [2.45, 2.75) is 60.2 Å². The summed E-state index contributed by atoms with van der Waals surface area (Å²) in [5.74, 6) is 0.541. The molecule has 2 aromatic carbocycles. The molecule has 0 spiro atoms. The molecular weight excluding hydrogens is 530 g/mol. The normalized spacial score (nSPS) is 12.8. The maximum absolute atomic E-state index is 13.3. The van der Waals surface area contributed by atoms with E-state index in [0.29, 0.717) is 5.02 Å². The second kappa shape index (κ2) is 10.4. The summed E-state index contributed by atoms with van der Waals surface area (Å²) in [6.45, 7) is 13.9. The van der Waals surface area contributed by atoms with E-state index in [1.54, 1.807) is 18.3 Å². The predicted molar refractivity (Wildman–Crippen MR) is 159 cm³/mol. The smallest absolute Gasteiger partial charge is 0.339 e. The van der Waals surface area contributed by atoms with Crippen LogP contribution in [0.3, 0.4) is 0 Å². The zero-order chi connectivity index (χ0) is 28.1. The molecule has 202 valence electrons. The summed E-state index contributed by atoms with van der Waals surface area (Å²) < 4.78 is 14.9. The molecule has 0 aliphatic carbocycles. The number of carbonyl (C=O) groups is 1. The maximum Gasteiger partial charge on any atom is 0.339 e. The number of pyridine rings is 1. The van der Waals surface area contributed by atoms with Gasteiger partial charge in [-0.2, -0.15) is 0 Å². The third-order valence-electron chi connectivity index (χ3n) is 6.55. The Morgan fingerprint density at radius 3 is 2.44 bits per heavy atom. The largest absolute Gasteiger partial charge is 0.464 e. The molecule has 0 radical (unpaired) electrons. The van der Waals surface area contributed by atoms with Gasteiger partial charge >= 0.3 is 5.97 Å². The van der Waals surface area contributed by atoms with Crippen LogP contribution < -0.4 is 0 Å². The fourth-order valence-corrected chi connectivity index (χ4v) is 6.17. The number of hydrogen-bond acceptors (Lipinski definition) is 6. The minimum absolute atomic E-state index is 0.265. The summed E-state index contributed by atoms with van der Waals surface area (Å²) in [4.78, 5) is 23.0. The minimum atomic E-state index is -0.903. The van der Waals surface area contributed by atoms with Crippen LogP contribution in [0.25, 0.3) is 37.4 Å². The molecule has 0 fully saturated rings. The zero-order valence-electron chi connectivity index (χ0n) is 23.3. The fraction of sp³-hybridized carbons (Fsp3) is 0.323. The van der Waals surface area contributed by atoms with Crippen molar-refractivity contribution in [3.8, 4) is 21.7 Å². The molecule has 0 bridgehead atoms. The molecule has 0 aliphatic rings. The van der Waals surface area contributed by atoms with Crippen molar-refractivity contribution >= 4 is 44.6 Å². The van der Waals surface area contributed by atoms with Gasteiger partial charge in [0.05, 0.1) is 33.6 Å². The number of ether oxygens (including phenoxy) is 2. The molecule has 3 aromatic heterocycles. The van der Waals surface area contributed by atoms with Crippen molar-refractivity contribution in [2.24, 2.45) is 0 Å². The van der Waals surface area contributed by atoms with Gasteiger partial charge in [0.2, 0.25) is 0 Å². The molecule has 3 heterocycles. The van der Waals surface area contributed by atoms with Crippen LogP contribution in [-0.2, 0) is 14.3 Å². The molecular formula is C31H32ClN3O3S. The SMILES string of the molecule is CCOC(=O)[C@@H](OC(C)(C)C)c1c(C)cc2nc(-c3ccn4c(C)nc(C)c4c3)sc2c1-c1ccc(Cl)cc1. The van der Waals surface area contributed by atoms with E-state index in [2.05, 4.69) is 21.5 Å². The molecule has 0 saturated carbocycles. The first-order valence-corrected chi connectivity index (χ1v) is 14.2. The Balaban J connectivity index is 1.78. The third-order valence-corrected chi connectivity index (χ3v) is 7.94. The number of halogens is 1. The van der Waals surface area contributed by atoms with Gasteiger partial charge in [0, 0.05) is 27.9 Å². The Bertz CT molecular complexity index is 1700. The second-order valence-corrected chi connectivity index (χ2v) is 12.1. The average molecular weight is 562 g/mol. The van der Waals surface area contributed by atoms with E-state index in [1.807, 2.05) is 78.1 Å². The zero-order valence-corrected chi connectivity index (χ0v) is 24.8. The summed E-state index contributed by atoms with van der Waals surface area (Å²) in [7, 11) is 0. The summed E-state index contributed by atoms with van der Waals surface area (Å²) in [5, 5.41) is 1.53. The lowest BCUT2D eigenvalue weighted by Gasteiger charge is -2.29. The second-order valence-electron chi connectivity index (χ2n) is 10.6. The number of nitrogens with zero attached hydrogens (tertiary/aromatic N) is 3. The van der Waals surface area contributed by atoms with Crippen molar-refractivity contribution in [3.63, 3.8) is 0 Å². The van der Waals surface area contributed by atoms with E-state index in [0.717, 1.165) is 60.1 Å². The van der Waals surface area contributed by atoms with Crippen molar-refractivity contribution in [1.82, 2.24) is 14.4 Å². The van der Waals surface area contributed by atoms with Crippen molar-refractivity contribution in [3.05, 3.63) is 76.3 Å². The van der Waals surface area contributed by atoms with Crippen molar-refractivity contribution in [2.75, 3.05) is 6.61 Å². The molecule has 39 heavy (non-hydrogen) atoms. The minimum Gasteiger partial charge on any atom is -0.464 e. The molecule has 8 heteroatoms. The van der Waals surface area contributed by atoms with Crippen molar-refractivity contribution < 1.29 is 14.3 Å². The van der Waals surface area contributed by atoms with Crippen LogP contribution in [0, 0.1) is 20.8 Å². The van der Waals surface area contributed by atoms with E-state index >= 15 is 0 Å². The highest BCUT2D eigenvalue weighted by atomic mass is 35.5. The summed E-state index contributed by atoms with van der Waals surface area (Å²) in [6, 6.07) is 13.9. The van der Waals surface area contributed by atoms with Crippen LogP contribution in [0.2, 0.25) is 5.02 Å². The average Bonchev–Trinajstić information content (AvgIpc) is 3.42. The number of esters is 1. The standard InChI is InChI=1S/C31H32ClN3O3S/c1-8-37-30(36)27(38-31(5,6)7)25-17(2)15-23-28(26(25)20-9-11-22(32)12-10-20)39-29(34-23)21-13-14-35-19(4)33-18(3)24(35)16-21/h9-16,27H,8H2,1-7H3/t27-/m0/s1. The fourth-order valence-electron chi connectivity index (χ4n) is 4.92. The highest BCUT2D eigenvalue weighted by Gasteiger charge is 2.33. The van der Waals surface area contributed by atoms with Gasteiger partial charge in [0.15, 0.2) is 6.10 Å². The van der Waals surface area contributed by atoms with Crippen LogP contribution in [-0.4, -0.2) is 32.5 Å². The molecule has 5 rings (SSSR count). The van der Waals surface area contributed by atoms with Gasteiger partial charge < -0.3 is 13.9 Å². The van der Waals surface area contributed by atoms with E-state index in [4.69, 9.17) is 26.1 Å². The van der Waals surface area contributed by atoms with Crippen LogP contribution in [0.5, 0.6) is 0 Å². The van der Waals surface area contributed by atoms with E-state index < -0.39 is 17.7 Å². The van der Waals surface area contributed by atoms with Crippen LogP contribution in [0.4, 0.5) is 0 Å². The quantitative estimate of drug-likeness (QED) is 0.195. The highest BCUT2D eigenvalue weighted by Crippen LogP contribution is 2.44. The monoisotopic (exact) mass is 561 g/mol. The first-order chi connectivity index (χ1) is 18.5. The number of thiazole rings is 1. The number of imidazole rings is 1. The first-order valence-electron chi connectivity index (χ1n) is 13.0. The van der Waals surface area contributed by atoms with E-state index in [1.165, 1.54) is 0 Å². The van der Waals surface area contributed by atoms with Gasteiger partial charge in [-0.1, -0.05) is 23.7 Å². The summed E-state index contributed by atoms with van der Waals surface area (Å²) >= 11 is 7.86. The van der Waals surface area contributed by atoms with E-state index in [9.17, 15) is 4.79 Å². The predicted octanol–water partition coefficient (Wildman–Crippen LogP) is 8.28. The van der Waals surface area contributed by atoms with Gasteiger partial charge in [-0.05, 0) is 89.9 Å². The van der Waals surface area contributed by atoms with Gasteiger partial charge in [-0.15, -0.1) is 11.3 Å². The highest BCUT2D eigenvalue weighted by molar-refractivity contribution is 7.22. The Hall–Kier alpha value is -3.26. The number of fused-ring (bicyclic) bond motifs is 2. The number of aryl methyl sites for hydroxylation is 3. The van der Waals surface area contributed by atoms with Gasteiger partial charge in [0.1, 0.15) is 10.8 Å². The molecule has 6 nitrogen and oxygen atoms in total. The van der Waals surface area contributed by atoms with Crippen LogP contribution >= 0.6 is 22.9 Å². The molecule has 0 aliphatic heterocycles. The molecule has 0 amide bonds. The summed E-state index contributed by atoms with van der Waals surface area (Å²) in [6.07, 6.45) is 1.14. The van der Waals surface area contributed by atoms with Crippen molar-refractivity contribution in [1.29, 1.82) is 0 Å². The molecule has 0 unspecified atom stereocenters. The Morgan fingerprint density at radius 2 is 1.77 bits per heavy atom. The van der Waals surface area contributed by atoms with Gasteiger partial charge in [-0.25, -0.2) is 14.8 Å². The number of hydrogen-bond donors (Lipinski definition) is 0. The Labute approximate surface area is 237 Å². The Morgan fingerprint density at radius 1 is 1.05 bits per heavy atom.